The Balaban J connectivity index is 1.78. The molecule has 0 saturated carbocycles. The van der Waals surface area contributed by atoms with E-state index in [1.54, 1.807) is 36.0 Å². The number of halogens is 1. The molecule has 0 atom stereocenters. The summed E-state index contributed by atoms with van der Waals surface area (Å²) in [5.74, 6) is 0.109. The molecular weight excluding hydrogens is 384 g/mol. The van der Waals surface area contributed by atoms with Gasteiger partial charge in [-0.3, -0.25) is 14.9 Å². The fourth-order valence-corrected chi connectivity index (χ4v) is 2.72. The van der Waals surface area contributed by atoms with E-state index < -0.39 is 10.8 Å². The van der Waals surface area contributed by atoms with Crippen molar-refractivity contribution in [3.05, 3.63) is 81.0 Å². The first-order valence-corrected chi connectivity index (χ1v) is 8.84. The van der Waals surface area contributed by atoms with Crippen LogP contribution in [0, 0.1) is 10.1 Å². The number of benzene rings is 2. The third-order valence-corrected chi connectivity index (χ3v) is 4.17. The maximum absolute atomic E-state index is 12.6. The Bertz CT molecular complexity index is 1000. The van der Waals surface area contributed by atoms with Crippen molar-refractivity contribution in [2.24, 2.45) is 0 Å². The number of nitro groups is 1. The van der Waals surface area contributed by atoms with Gasteiger partial charge in [0.2, 0.25) is 0 Å². The minimum atomic E-state index is -0.577. The van der Waals surface area contributed by atoms with E-state index in [0.29, 0.717) is 17.4 Å². The zero-order valence-electron chi connectivity index (χ0n) is 15.0. The number of hydrogen-bond acceptors (Lipinski definition) is 5. The van der Waals surface area contributed by atoms with E-state index in [2.05, 4.69) is 10.4 Å². The van der Waals surface area contributed by atoms with Gasteiger partial charge >= 0.3 is 5.69 Å². The Kier molecular flexibility index (Phi) is 5.90. The number of carbonyl (C=O) groups is 1. The third-order valence-electron chi connectivity index (χ3n) is 3.92. The van der Waals surface area contributed by atoms with Crippen LogP contribution in [-0.4, -0.2) is 27.2 Å². The number of anilines is 1. The van der Waals surface area contributed by atoms with Crippen molar-refractivity contribution in [3.63, 3.8) is 0 Å². The number of carbonyl (C=O) groups excluding carboxylic acids is 1. The fourth-order valence-electron chi connectivity index (χ4n) is 2.59. The number of ether oxygens (including phenoxy) is 1. The van der Waals surface area contributed by atoms with Gasteiger partial charge in [-0.25, -0.2) is 4.68 Å². The highest BCUT2D eigenvalue weighted by atomic mass is 35.5. The van der Waals surface area contributed by atoms with E-state index in [1.807, 2.05) is 12.1 Å². The zero-order valence-corrected chi connectivity index (χ0v) is 15.7. The van der Waals surface area contributed by atoms with Gasteiger partial charge in [-0.1, -0.05) is 23.7 Å². The largest absolute Gasteiger partial charge is 0.487 e. The van der Waals surface area contributed by atoms with E-state index >= 15 is 0 Å². The molecule has 0 unspecified atom stereocenters. The molecule has 144 valence electrons. The minimum absolute atomic E-state index is 0.122. The van der Waals surface area contributed by atoms with Gasteiger partial charge in [0, 0.05) is 22.7 Å². The van der Waals surface area contributed by atoms with Crippen LogP contribution in [0.2, 0.25) is 5.02 Å². The molecule has 8 nitrogen and oxygen atoms in total. The van der Waals surface area contributed by atoms with Crippen molar-refractivity contribution in [2.75, 3.05) is 11.9 Å². The van der Waals surface area contributed by atoms with Gasteiger partial charge < -0.3 is 10.1 Å². The number of nitrogens with zero attached hydrogens (tertiary/aromatic N) is 3. The Hall–Kier alpha value is -3.39. The van der Waals surface area contributed by atoms with Gasteiger partial charge in [-0.2, -0.15) is 5.10 Å². The summed E-state index contributed by atoms with van der Waals surface area (Å²) in [6.45, 7) is 2.45. The van der Waals surface area contributed by atoms with Crippen LogP contribution in [0.15, 0.2) is 54.7 Å². The summed E-state index contributed by atoms with van der Waals surface area (Å²) in [7, 11) is 0. The molecule has 3 rings (SSSR count). The van der Waals surface area contributed by atoms with Gasteiger partial charge in [0.05, 0.1) is 24.3 Å². The molecular formula is C19H17ClN4O4. The van der Waals surface area contributed by atoms with Crippen LogP contribution in [0.5, 0.6) is 5.75 Å². The molecule has 0 aliphatic carbocycles. The van der Waals surface area contributed by atoms with Gasteiger partial charge in [0.25, 0.3) is 5.91 Å². The van der Waals surface area contributed by atoms with Gasteiger partial charge in [-0.05, 0) is 36.8 Å². The van der Waals surface area contributed by atoms with E-state index in [9.17, 15) is 14.9 Å². The molecule has 3 aromatic rings. The molecule has 0 aliphatic rings. The number of hydrogen-bond donors (Lipinski definition) is 1. The Labute approximate surface area is 165 Å². The summed E-state index contributed by atoms with van der Waals surface area (Å²) in [4.78, 5) is 23.2. The van der Waals surface area contributed by atoms with E-state index in [-0.39, 0.29) is 23.6 Å². The Morgan fingerprint density at radius 1 is 1.25 bits per heavy atom. The smallest absolute Gasteiger partial charge is 0.311 e. The highest BCUT2D eigenvalue weighted by Gasteiger charge is 2.19. The number of aromatic nitrogens is 2. The molecule has 0 bridgehead atoms. The van der Waals surface area contributed by atoms with Crippen LogP contribution in [0.4, 0.5) is 11.5 Å². The summed E-state index contributed by atoms with van der Waals surface area (Å²) in [5.41, 5.74) is 0.846. The maximum atomic E-state index is 12.6. The second kappa shape index (κ2) is 8.53. The summed E-state index contributed by atoms with van der Waals surface area (Å²) in [5, 5.41) is 18.8. The van der Waals surface area contributed by atoms with Gasteiger partial charge in [0.15, 0.2) is 5.75 Å². The molecule has 0 aliphatic heterocycles. The summed E-state index contributed by atoms with van der Waals surface area (Å²) in [6.07, 6.45) is 1.56. The lowest BCUT2D eigenvalue weighted by atomic mass is 10.1. The molecule has 1 aromatic heterocycles. The predicted octanol–water partition coefficient (Wildman–Crippen LogP) is 4.14. The van der Waals surface area contributed by atoms with Crippen molar-refractivity contribution in [1.29, 1.82) is 0 Å². The third kappa shape index (κ3) is 4.47. The van der Waals surface area contributed by atoms with Crippen molar-refractivity contribution < 1.29 is 14.5 Å². The first kappa shape index (κ1) is 19.4. The SMILES string of the molecule is CCOc1ccc(C(=O)Nc2ccnn2Cc2ccc(Cl)cc2)cc1[N+](=O)[O-]. The maximum Gasteiger partial charge on any atom is 0.311 e. The lowest BCUT2D eigenvalue weighted by Gasteiger charge is -2.10. The molecule has 1 heterocycles. The lowest BCUT2D eigenvalue weighted by molar-refractivity contribution is -0.385. The first-order valence-electron chi connectivity index (χ1n) is 8.46. The molecule has 2 aromatic carbocycles. The average Bonchev–Trinajstić information content (AvgIpc) is 3.10. The van der Waals surface area contributed by atoms with Crippen LogP contribution in [0.25, 0.3) is 0 Å². The number of nitro benzene ring substituents is 1. The van der Waals surface area contributed by atoms with Crippen molar-refractivity contribution in [1.82, 2.24) is 9.78 Å². The summed E-state index contributed by atoms with van der Waals surface area (Å²) in [6, 6.07) is 13.0. The predicted molar refractivity (Wildman–Crippen MR) is 105 cm³/mol. The first-order chi connectivity index (χ1) is 13.5. The van der Waals surface area contributed by atoms with Crippen molar-refractivity contribution in [2.45, 2.75) is 13.5 Å². The minimum Gasteiger partial charge on any atom is -0.487 e. The average molecular weight is 401 g/mol. The van der Waals surface area contributed by atoms with Crippen molar-refractivity contribution >= 4 is 29.0 Å². The highest BCUT2D eigenvalue weighted by Crippen LogP contribution is 2.28. The monoisotopic (exact) mass is 400 g/mol. The van der Waals surface area contributed by atoms with Gasteiger partial charge in [-0.15, -0.1) is 0 Å². The van der Waals surface area contributed by atoms with Crippen molar-refractivity contribution in [3.8, 4) is 5.75 Å². The standard InChI is InChI=1S/C19H17ClN4O4/c1-2-28-17-8-5-14(11-16(17)24(26)27)19(25)22-18-9-10-21-23(18)12-13-3-6-15(20)7-4-13/h3-11H,2,12H2,1H3,(H,22,25). The van der Waals surface area contributed by atoms with E-state index in [4.69, 9.17) is 16.3 Å². The molecule has 0 fully saturated rings. The summed E-state index contributed by atoms with van der Waals surface area (Å²) < 4.78 is 6.85. The van der Waals surface area contributed by atoms with Crippen LogP contribution in [0.3, 0.4) is 0 Å². The Morgan fingerprint density at radius 2 is 2.00 bits per heavy atom. The second-order valence-electron chi connectivity index (χ2n) is 5.83. The van der Waals surface area contributed by atoms with Gasteiger partial charge in [0.1, 0.15) is 5.82 Å². The van der Waals surface area contributed by atoms with E-state index in [1.165, 1.54) is 18.2 Å². The molecule has 28 heavy (non-hydrogen) atoms. The number of amides is 1. The number of rotatable bonds is 7. The Morgan fingerprint density at radius 3 is 2.68 bits per heavy atom. The number of nitrogens with one attached hydrogen (secondary N) is 1. The topological polar surface area (TPSA) is 99.3 Å². The van der Waals surface area contributed by atoms with Crippen LogP contribution < -0.4 is 10.1 Å². The molecule has 0 radical (unpaired) electrons. The molecule has 0 spiro atoms. The zero-order chi connectivity index (χ0) is 20.1. The van der Waals surface area contributed by atoms with Crippen LogP contribution >= 0.6 is 11.6 Å². The second-order valence-corrected chi connectivity index (χ2v) is 6.26. The fraction of sp³-hybridized carbons (Fsp3) is 0.158. The van der Waals surface area contributed by atoms with Crippen LogP contribution in [-0.2, 0) is 6.54 Å². The van der Waals surface area contributed by atoms with Crippen LogP contribution in [0.1, 0.15) is 22.8 Å². The quantitative estimate of drug-likeness (QED) is 0.474. The molecule has 1 N–H and O–H groups in total. The van der Waals surface area contributed by atoms with E-state index in [0.717, 1.165) is 5.56 Å². The lowest BCUT2D eigenvalue weighted by Crippen LogP contribution is -2.16. The highest BCUT2D eigenvalue weighted by molar-refractivity contribution is 6.30. The summed E-state index contributed by atoms with van der Waals surface area (Å²) >= 11 is 5.89. The molecule has 9 heteroatoms. The molecule has 0 saturated heterocycles. The normalized spacial score (nSPS) is 10.5. The molecule has 1 amide bonds.